The van der Waals surface area contributed by atoms with Crippen molar-refractivity contribution in [3.05, 3.63) is 0 Å². The average Bonchev–Trinajstić information content (AvgIpc) is 2.04. The molecule has 0 aliphatic heterocycles. The summed E-state index contributed by atoms with van der Waals surface area (Å²) in [5, 5.41) is 8.78. The smallest absolute Gasteiger partial charge is 0.0433 e. The fourth-order valence-corrected chi connectivity index (χ4v) is 1.52. The predicted molar refractivity (Wildman–Crippen MR) is 54.1 cm³/mol. The third kappa shape index (κ3) is 4.76. The first-order chi connectivity index (χ1) is 5.61. The zero-order chi connectivity index (χ0) is 9.56. The Kier molecular flexibility index (Phi) is 6.45. The summed E-state index contributed by atoms with van der Waals surface area (Å²) in [4.78, 5) is 0. The quantitative estimate of drug-likeness (QED) is 0.653. The average molecular weight is 172 g/mol. The Labute approximate surface area is 77.2 Å². The molecule has 1 nitrogen and oxygen atoms in total. The van der Waals surface area contributed by atoms with Gasteiger partial charge in [-0.05, 0) is 30.6 Å². The molecule has 0 fully saturated rings. The Morgan fingerprint density at radius 3 is 2.08 bits per heavy atom. The Balaban J connectivity index is 3.62. The zero-order valence-electron chi connectivity index (χ0n) is 9.01. The van der Waals surface area contributed by atoms with Crippen molar-refractivity contribution in [1.82, 2.24) is 0 Å². The third-order valence-electron chi connectivity index (χ3n) is 3.03. The van der Waals surface area contributed by atoms with Gasteiger partial charge >= 0.3 is 0 Å². The molecule has 0 bridgehead atoms. The van der Waals surface area contributed by atoms with Crippen molar-refractivity contribution in [2.24, 2.45) is 17.8 Å². The van der Waals surface area contributed by atoms with Crippen LogP contribution in [-0.2, 0) is 0 Å². The maximum Gasteiger partial charge on any atom is 0.0433 e. The van der Waals surface area contributed by atoms with Crippen LogP contribution in [-0.4, -0.2) is 11.7 Å². The van der Waals surface area contributed by atoms with Crippen molar-refractivity contribution in [3.8, 4) is 0 Å². The molecule has 0 heterocycles. The molecule has 1 N–H and O–H groups in total. The molecule has 74 valence electrons. The minimum absolute atomic E-state index is 0.339. The van der Waals surface area contributed by atoms with Gasteiger partial charge in [-0.3, -0.25) is 0 Å². The van der Waals surface area contributed by atoms with Crippen molar-refractivity contribution in [2.75, 3.05) is 6.61 Å². The largest absolute Gasteiger partial charge is 0.396 e. The van der Waals surface area contributed by atoms with E-state index < -0.39 is 0 Å². The van der Waals surface area contributed by atoms with Crippen LogP contribution in [0.2, 0.25) is 0 Å². The van der Waals surface area contributed by atoms with Crippen molar-refractivity contribution < 1.29 is 5.11 Å². The molecule has 3 unspecified atom stereocenters. The second-order valence-electron chi connectivity index (χ2n) is 4.22. The van der Waals surface area contributed by atoms with Gasteiger partial charge in [0.2, 0.25) is 0 Å². The van der Waals surface area contributed by atoms with Crippen LogP contribution in [0.15, 0.2) is 0 Å². The second kappa shape index (κ2) is 6.47. The Morgan fingerprint density at radius 2 is 1.67 bits per heavy atom. The summed E-state index contributed by atoms with van der Waals surface area (Å²) in [6.45, 7) is 9.43. The molecule has 0 amide bonds. The number of aliphatic hydroxyl groups excluding tert-OH is 1. The van der Waals surface area contributed by atoms with Gasteiger partial charge in [-0.2, -0.15) is 0 Å². The standard InChI is InChI=1S/C11H24O/c1-5-9(2)8-11(4)10(3)6-7-12/h9-12H,5-8H2,1-4H3. The highest BCUT2D eigenvalue weighted by molar-refractivity contribution is 4.64. The summed E-state index contributed by atoms with van der Waals surface area (Å²) < 4.78 is 0. The lowest BCUT2D eigenvalue weighted by Crippen LogP contribution is -2.12. The van der Waals surface area contributed by atoms with Gasteiger partial charge in [0.1, 0.15) is 0 Å². The van der Waals surface area contributed by atoms with E-state index >= 15 is 0 Å². The summed E-state index contributed by atoms with van der Waals surface area (Å²) in [6, 6.07) is 0. The van der Waals surface area contributed by atoms with Crippen LogP contribution < -0.4 is 0 Å². The van der Waals surface area contributed by atoms with Crippen LogP contribution in [0.25, 0.3) is 0 Å². The minimum atomic E-state index is 0.339. The highest BCUT2D eigenvalue weighted by atomic mass is 16.3. The van der Waals surface area contributed by atoms with Gasteiger partial charge < -0.3 is 5.11 Å². The molecule has 0 aromatic carbocycles. The Bertz CT molecular complexity index is 101. The summed E-state index contributed by atoms with van der Waals surface area (Å²) >= 11 is 0. The van der Waals surface area contributed by atoms with E-state index in [9.17, 15) is 0 Å². The molecule has 1 heteroatoms. The Hall–Kier alpha value is -0.0400. The van der Waals surface area contributed by atoms with Crippen LogP contribution in [0.4, 0.5) is 0 Å². The monoisotopic (exact) mass is 172 g/mol. The first-order valence-electron chi connectivity index (χ1n) is 5.22. The number of hydrogen-bond acceptors (Lipinski definition) is 1. The lowest BCUT2D eigenvalue weighted by atomic mass is 9.85. The fraction of sp³-hybridized carbons (Fsp3) is 1.00. The molecular weight excluding hydrogens is 148 g/mol. The molecule has 0 saturated carbocycles. The van der Waals surface area contributed by atoms with Crippen molar-refractivity contribution in [3.63, 3.8) is 0 Å². The van der Waals surface area contributed by atoms with E-state index in [2.05, 4.69) is 27.7 Å². The lowest BCUT2D eigenvalue weighted by Gasteiger charge is -2.21. The molecule has 0 radical (unpaired) electrons. The lowest BCUT2D eigenvalue weighted by molar-refractivity contribution is 0.219. The SMILES string of the molecule is CCC(C)CC(C)C(C)CCO. The molecule has 0 saturated heterocycles. The first kappa shape index (κ1) is 12.0. The molecule has 0 spiro atoms. The highest BCUT2D eigenvalue weighted by Crippen LogP contribution is 2.23. The van der Waals surface area contributed by atoms with Crippen LogP contribution in [0, 0.1) is 17.8 Å². The maximum absolute atomic E-state index is 8.78. The highest BCUT2D eigenvalue weighted by Gasteiger charge is 2.13. The van der Waals surface area contributed by atoms with Crippen molar-refractivity contribution in [1.29, 1.82) is 0 Å². The van der Waals surface area contributed by atoms with Gasteiger partial charge in [0.05, 0.1) is 0 Å². The van der Waals surface area contributed by atoms with Crippen LogP contribution >= 0.6 is 0 Å². The zero-order valence-corrected chi connectivity index (χ0v) is 9.01. The van der Waals surface area contributed by atoms with E-state index in [-0.39, 0.29) is 0 Å². The maximum atomic E-state index is 8.78. The predicted octanol–water partition coefficient (Wildman–Crippen LogP) is 3.08. The topological polar surface area (TPSA) is 20.2 Å². The van der Waals surface area contributed by atoms with Crippen molar-refractivity contribution >= 4 is 0 Å². The summed E-state index contributed by atoms with van der Waals surface area (Å²) in [5.41, 5.74) is 0. The van der Waals surface area contributed by atoms with Gasteiger partial charge in [0, 0.05) is 6.61 Å². The molecule has 0 rings (SSSR count). The van der Waals surface area contributed by atoms with Gasteiger partial charge in [-0.15, -0.1) is 0 Å². The van der Waals surface area contributed by atoms with Crippen LogP contribution in [0.5, 0.6) is 0 Å². The van der Waals surface area contributed by atoms with Crippen LogP contribution in [0.3, 0.4) is 0 Å². The van der Waals surface area contributed by atoms with Gasteiger partial charge in [0.15, 0.2) is 0 Å². The Morgan fingerprint density at radius 1 is 1.08 bits per heavy atom. The van der Waals surface area contributed by atoms with Gasteiger partial charge in [0.25, 0.3) is 0 Å². The third-order valence-corrected chi connectivity index (χ3v) is 3.03. The molecular formula is C11H24O. The van der Waals surface area contributed by atoms with E-state index in [1.807, 2.05) is 0 Å². The minimum Gasteiger partial charge on any atom is -0.396 e. The fourth-order valence-electron chi connectivity index (χ4n) is 1.52. The van der Waals surface area contributed by atoms with E-state index in [0.717, 1.165) is 18.3 Å². The summed E-state index contributed by atoms with van der Waals surface area (Å²) in [7, 11) is 0. The second-order valence-corrected chi connectivity index (χ2v) is 4.22. The van der Waals surface area contributed by atoms with E-state index in [1.54, 1.807) is 0 Å². The number of rotatable bonds is 6. The van der Waals surface area contributed by atoms with E-state index in [1.165, 1.54) is 12.8 Å². The molecule has 0 aromatic rings. The normalized spacial score (nSPS) is 18.8. The molecule has 0 aliphatic rings. The van der Waals surface area contributed by atoms with Crippen molar-refractivity contribution in [2.45, 2.75) is 47.0 Å². The number of aliphatic hydroxyl groups is 1. The molecule has 0 aromatic heterocycles. The molecule has 12 heavy (non-hydrogen) atoms. The van der Waals surface area contributed by atoms with E-state index in [4.69, 9.17) is 5.11 Å². The first-order valence-corrected chi connectivity index (χ1v) is 5.22. The molecule has 3 atom stereocenters. The van der Waals surface area contributed by atoms with Gasteiger partial charge in [-0.25, -0.2) is 0 Å². The van der Waals surface area contributed by atoms with Gasteiger partial charge in [-0.1, -0.05) is 34.1 Å². The summed E-state index contributed by atoms with van der Waals surface area (Å²) in [6.07, 6.45) is 3.53. The van der Waals surface area contributed by atoms with E-state index in [0.29, 0.717) is 12.5 Å². The molecule has 0 aliphatic carbocycles. The number of hydrogen-bond donors (Lipinski definition) is 1. The van der Waals surface area contributed by atoms with Crippen LogP contribution in [0.1, 0.15) is 47.0 Å². The summed E-state index contributed by atoms with van der Waals surface area (Å²) in [5.74, 6) is 2.26.